The monoisotopic (exact) mass is 452 g/mol. The number of benzene rings is 2. The Balaban J connectivity index is 1.58. The van der Waals surface area contributed by atoms with Crippen molar-refractivity contribution in [2.45, 2.75) is 38.8 Å². The lowest BCUT2D eigenvalue weighted by atomic mass is 9.86. The standard InChI is InChI=1S/C26H26F2N2O3/c1-16-13-20(33-26(27)28)5-7-21(16)17-3-6-22-18(14-17)10-12-30(2)24(22)8-4-19-15-29-11-9-23(19)25(31)32/h3,5-7,9,11,13-15,24,26H,4,8,10,12H2,1-2H3,(H,31,32)/t24-/m0/s1. The van der Waals surface area contributed by atoms with Crippen molar-refractivity contribution in [3.63, 3.8) is 0 Å². The molecule has 1 N–H and O–H groups in total. The van der Waals surface area contributed by atoms with Crippen LogP contribution in [0.1, 0.15) is 45.1 Å². The molecule has 172 valence electrons. The van der Waals surface area contributed by atoms with Gasteiger partial charge < -0.3 is 9.84 Å². The highest BCUT2D eigenvalue weighted by molar-refractivity contribution is 5.89. The molecule has 1 aromatic heterocycles. The van der Waals surface area contributed by atoms with Gasteiger partial charge in [-0.25, -0.2) is 4.79 Å². The second-order valence-corrected chi connectivity index (χ2v) is 8.39. The number of ether oxygens (including phenoxy) is 1. The quantitative estimate of drug-likeness (QED) is 0.512. The van der Waals surface area contributed by atoms with E-state index < -0.39 is 12.6 Å². The summed E-state index contributed by atoms with van der Waals surface area (Å²) in [6.45, 7) is -0.0521. The molecule has 3 aromatic rings. The van der Waals surface area contributed by atoms with Gasteiger partial charge in [0.1, 0.15) is 5.75 Å². The Labute approximate surface area is 191 Å². The average molecular weight is 453 g/mol. The van der Waals surface area contributed by atoms with Crippen molar-refractivity contribution in [1.82, 2.24) is 9.88 Å². The Bertz CT molecular complexity index is 1170. The third-order valence-electron chi connectivity index (χ3n) is 6.32. The van der Waals surface area contributed by atoms with Crippen molar-refractivity contribution in [3.05, 3.63) is 82.7 Å². The molecule has 0 amide bonds. The number of aryl methyl sites for hydroxylation is 2. The molecule has 1 atom stereocenters. The van der Waals surface area contributed by atoms with Gasteiger partial charge in [0.05, 0.1) is 5.56 Å². The zero-order valence-corrected chi connectivity index (χ0v) is 18.6. The number of rotatable bonds is 7. The van der Waals surface area contributed by atoms with Crippen LogP contribution in [-0.4, -0.2) is 41.2 Å². The molecule has 0 spiro atoms. The van der Waals surface area contributed by atoms with Gasteiger partial charge in [-0.1, -0.05) is 24.3 Å². The number of likely N-dealkylation sites (N-methyl/N-ethyl adjacent to an activating group) is 1. The maximum Gasteiger partial charge on any atom is 0.387 e. The first-order valence-corrected chi connectivity index (χ1v) is 10.9. The topological polar surface area (TPSA) is 62.7 Å². The normalized spacial score (nSPS) is 16.0. The number of nitrogens with zero attached hydrogens (tertiary/aromatic N) is 2. The summed E-state index contributed by atoms with van der Waals surface area (Å²) < 4.78 is 29.5. The van der Waals surface area contributed by atoms with Crippen LogP contribution in [0.3, 0.4) is 0 Å². The highest BCUT2D eigenvalue weighted by Gasteiger charge is 2.25. The van der Waals surface area contributed by atoms with E-state index >= 15 is 0 Å². The lowest BCUT2D eigenvalue weighted by molar-refractivity contribution is -0.0498. The van der Waals surface area contributed by atoms with Crippen LogP contribution >= 0.6 is 0 Å². The summed E-state index contributed by atoms with van der Waals surface area (Å²) >= 11 is 0. The summed E-state index contributed by atoms with van der Waals surface area (Å²) in [5.74, 6) is -0.781. The lowest BCUT2D eigenvalue weighted by Crippen LogP contribution is -2.32. The first-order chi connectivity index (χ1) is 15.8. The summed E-state index contributed by atoms with van der Waals surface area (Å²) in [7, 11) is 2.09. The third kappa shape index (κ3) is 5.03. The summed E-state index contributed by atoms with van der Waals surface area (Å²) in [5.41, 5.74) is 6.43. The second kappa shape index (κ2) is 9.67. The van der Waals surface area contributed by atoms with E-state index in [1.165, 1.54) is 17.3 Å². The largest absolute Gasteiger partial charge is 0.478 e. The number of hydrogen-bond acceptors (Lipinski definition) is 4. The van der Waals surface area contributed by atoms with Crippen molar-refractivity contribution in [2.24, 2.45) is 0 Å². The number of halogens is 2. The van der Waals surface area contributed by atoms with E-state index in [0.717, 1.165) is 41.6 Å². The van der Waals surface area contributed by atoms with Gasteiger partial charge in [0, 0.05) is 25.0 Å². The molecule has 0 fully saturated rings. The average Bonchev–Trinajstić information content (AvgIpc) is 2.78. The second-order valence-electron chi connectivity index (χ2n) is 8.39. The highest BCUT2D eigenvalue weighted by Crippen LogP contribution is 2.36. The van der Waals surface area contributed by atoms with Crippen molar-refractivity contribution in [1.29, 1.82) is 0 Å². The Morgan fingerprint density at radius 2 is 2.06 bits per heavy atom. The Kier molecular flexibility index (Phi) is 6.70. The van der Waals surface area contributed by atoms with Gasteiger partial charge in [-0.05, 0) is 84.8 Å². The van der Waals surface area contributed by atoms with Crippen LogP contribution in [0.25, 0.3) is 11.1 Å². The van der Waals surface area contributed by atoms with Gasteiger partial charge >= 0.3 is 12.6 Å². The van der Waals surface area contributed by atoms with Crippen LogP contribution in [0.15, 0.2) is 54.9 Å². The molecule has 5 nitrogen and oxygen atoms in total. The first-order valence-electron chi connectivity index (χ1n) is 10.9. The number of hydrogen-bond donors (Lipinski definition) is 1. The SMILES string of the molecule is Cc1cc(OC(F)F)ccc1-c1ccc2c(c1)CCN(C)[C@H]2CCc1cnccc1C(=O)O. The van der Waals surface area contributed by atoms with E-state index in [9.17, 15) is 18.7 Å². The first kappa shape index (κ1) is 22.9. The number of carboxylic acid groups (broad SMARTS) is 1. The molecule has 1 aliphatic rings. The van der Waals surface area contributed by atoms with Crippen LogP contribution in [-0.2, 0) is 12.8 Å². The molecular weight excluding hydrogens is 426 g/mol. The van der Waals surface area contributed by atoms with E-state index in [2.05, 4.69) is 39.9 Å². The minimum Gasteiger partial charge on any atom is -0.478 e. The van der Waals surface area contributed by atoms with Crippen molar-refractivity contribution < 1.29 is 23.4 Å². The predicted octanol–water partition coefficient (Wildman–Crippen LogP) is 5.52. The molecular formula is C26H26F2N2O3. The van der Waals surface area contributed by atoms with Crippen LogP contribution in [0.5, 0.6) is 5.75 Å². The highest BCUT2D eigenvalue weighted by atomic mass is 19.3. The van der Waals surface area contributed by atoms with E-state index in [1.54, 1.807) is 24.4 Å². The Hall–Kier alpha value is -3.32. The number of fused-ring (bicyclic) bond motifs is 1. The number of pyridine rings is 1. The number of aromatic nitrogens is 1. The fraction of sp³-hybridized carbons (Fsp3) is 0.308. The number of alkyl halides is 2. The lowest BCUT2D eigenvalue weighted by Gasteiger charge is -2.35. The predicted molar refractivity (Wildman–Crippen MR) is 122 cm³/mol. The molecule has 1 aliphatic heterocycles. The molecule has 0 bridgehead atoms. The van der Waals surface area contributed by atoms with Crippen molar-refractivity contribution >= 4 is 5.97 Å². The summed E-state index contributed by atoms with van der Waals surface area (Å²) in [5, 5.41) is 9.45. The zero-order chi connectivity index (χ0) is 23.5. The molecule has 7 heteroatoms. The zero-order valence-electron chi connectivity index (χ0n) is 18.6. The van der Waals surface area contributed by atoms with Crippen molar-refractivity contribution in [2.75, 3.05) is 13.6 Å². The molecule has 33 heavy (non-hydrogen) atoms. The maximum atomic E-state index is 12.5. The molecule has 0 aliphatic carbocycles. The molecule has 2 heterocycles. The van der Waals surface area contributed by atoms with Gasteiger partial charge in [0.15, 0.2) is 0 Å². The number of carbonyl (C=O) groups is 1. The number of carboxylic acids is 1. The van der Waals surface area contributed by atoms with E-state index in [1.807, 2.05) is 13.0 Å². The smallest absolute Gasteiger partial charge is 0.387 e. The van der Waals surface area contributed by atoms with Crippen LogP contribution in [0.4, 0.5) is 8.78 Å². The van der Waals surface area contributed by atoms with Gasteiger partial charge in [0.2, 0.25) is 0 Å². The van der Waals surface area contributed by atoms with Gasteiger partial charge in [0.25, 0.3) is 0 Å². The molecule has 4 rings (SSSR count). The van der Waals surface area contributed by atoms with E-state index in [4.69, 9.17) is 0 Å². The minimum absolute atomic E-state index is 0.155. The van der Waals surface area contributed by atoms with Gasteiger partial charge in [-0.2, -0.15) is 8.78 Å². The van der Waals surface area contributed by atoms with Crippen LogP contribution in [0, 0.1) is 6.92 Å². The Morgan fingerprint density at radius 1 is 1.24 bits per heavy atom. The Morgan fingerprint density at radius 3 is 2.79 bits per heavy atom. The molecule has 0 unspecified atom stereocenters. The third-order valence-corrected chi connectivity index (χ3v) is 6.32. The number of aromatic carboxylic acids is 1. The van der Waals surface area contributed by atoms with E-state index in [0.29, 0.717) is 12.0 Å². The summed E-state index contributed by atoms with van der Waals surface area (Å²) in [6.07, 6.45) is 5.46. The summed E-state index contributed by atoms with van der Waals surface area (Å²) in [4.78, 5) is 17.9. The van der Waals surface area contributed by atoms with Crippen LogP contribution < -0.4 is 4.74 Å². The summed E-state index contributed by atoms with van der Waals surface area (Å²) in [6, 6.07) is 13.1. The molecule has 2 aromatic carbocycles. The molecule has 0 radical (unpaired) electrons. The van der Waals surface area contributed by atoms with Crippen molar-refractivity contribution in [3.8, 4) is 16.9 Å². The minimum atomic E-state index is -2.84. The van der Waals surface area contributed by atoms with Crippen LogP contribution in [0.2, 0.25) is 0 Å². The van der Waals surface area contributed by atoms with E-state index in [-0.39, 0.29) is 11.8 Å². The van der Waals surface area contributed by atoms with Gasteiger partial charge in [-0.3, -0.25) is 9.88 Å². The maximum absolute atomic E-state index is 12.5. The molecule has 0 saturated carbocycles. The fourth-order valence-corrected chi connectivity index (χ4v) is 4.64. The fourth-order valence-electron chi connectivity index (χ4n) is 4.64. The molecule has 0 saturated heterocycles. The van der Waals surface area contributed by atoms with Gasteiger partial charge in [-0.15, -0.1) is 0 Å².